The van der Waals surface area contributed by atoms with E-state index in [9.17, 15) is 9.59 Å². The molecule has 1 atom stereocenters. The summed E-state index contributed by atoms with van der Waals surface area (Å²) in [6.45, 7) is 5.36. The van der Waals surface area contributed by atoms with Gasteiger partial charge in [-0.1, -0.05) is 13.3 Å². The Balaban J connectivity index is 2.42. The first-order valence-electron chi connectivity index (χ1n) is 5.90. The number of ketones is 1. The zero-order chi connectivity index (χ0) is 11.3. The largest absolute Gasteiger partial charge is 0.342 e. The maximum atomic E-state index is 11.7. The molecule has 0 bridgehead atoms. The van der Waals surface area contributed by atoms with Gasteiger partial charge < -0.3 is 4.90 Å². The van der Waals surface area contributed by atoms with Crippen LogP contribution in [0.5, 0.6) is 0 Å². The summed E-state index contributed by atoms with van der Waals surface area (Å²) in [4.78, 5) is 24.4. The van der Waals surface area contributed by atoms with Crippen LogP contribution in [0.25, 0.3) is 0 Å². The molecule has 1 aliphatic rings. The minimum atomic E-state index is -0.0312. The third-order valence-corrected chi connectivity index (χ3v) is 3.18. The van der Waals surface area contributed by atoms with E-state index in [1.54, 1.807) is 0 Å². The summed E-state index contributed by atoms with van der Waals surface area (Å²) in [7, 11) is 0. The molecule has 86 valence electrons. The molecule has 1 heterocycles. The molecule has 1 fully saturated rings. The lowest BCUT2D eigenvalue weighted by Crippen LogP contribution is -2.33. The molecule has 0 aromatic heterocycles. The molecule has 1 unspecified atom stereocenters. The fourth-order valence-electron chi connectivity index (χ4n) is 2.15. The zero-order valence-electron chi connectivity index (χ0n) is 9.79. The van der Waals surface area contributed by atoms with Crippen LogP contribution in [0.4, 0.5) is 0 Å². The average molecular weight is 211 g/mol. The molecule has 1 saturated heterocycles. The maximum absolute atomic E-state index is 11.7. The molecule has 0 aliphatic carbocycles. The van der Waals surface area contributed by atoms with E-state index in [1.807, 2.05) is 4.90 Å². The number of rotatable bonds is 3. The van der Waals surface area contributed by atoms with Crippen LogP contribution in [0.3, 0.4) is 0 Å². The van der Waals surface area contributed by atoms with Crippen molar-refractivity contribution in [2.75, 3.05) is 13.1 Å². The van der Waals surface area contributed by atoms with Crippen molar-refractivity contribution in [3.05, 3.63) is 0 Å². The Morgan fingerprint density at radius 3 is 2.60 bits per heavy atom. The van der Waals surface area contributed by atoms with Crippen LogP contribution in [0.2, 0.25) is 0 Å². The van der Waals surface area contributed by atoms with Gasteiger partial charge in [-0.3, -0.25) is 9.59 Å². The molecular weight excluding hydrogens is 190 g/mol. The Hall–Kier alpha value is -0.860. The fourth-order valence-corrected chi connectivity index (χ4v) is 2.15. The third kappa shape index (κ3) is 4.02. The number of Topliss-reactive ketones (excluding diaryl/α,β-unsaturated/α-hetero) is 1. The highest BCUT2D eigenvalue weighted by Gasteiger charge is 2.20. The first kappa shape index (κ1) is 12.2. The minimum Gasteiger partial charge on any atom is -0.342 e. The van der Waals surface area contributed by atoms with Gasteiger partial charge in [-0.2, -0.15) is 0 Å². The predicted molar refractivity (Wildman–Crippen MR) is 59.5 cm³/mol. The Bertz CT molecular complexity index is 238. The third-order valence-electron chi connectivity index (χ3n) is 3.18. The van der Waals surface area contributed by atoms with E-state index in [0.717, 1.165) is 31.8 Å². The summed E-state index contributed by atoms with van der Waals surface area (Å²) in [5, 5.41) is 0. The molecule has 3 heteroatoms. The molecule has 0 aromatic rings. The number of amides is 1. The van der Waals surface area contributed by atoms with Gasteiger partial charge in [-0.15, -0.1) is 0 Å². The topological polar surface area (TPSA) is 37.4 Å². The van der Waals surface area contributed by atoms with E-state index in [2.05, 4.69) is 6.92 Å². The molecule has 3 nitrogen and oxygen atoms in total. The molecular formula is C12H21NO2. The Kier molecular flexibility index (Phi) is 4.79. The number of hydrogen-bond acceptors (Lipinski definition) is 2. The van der Waals surface area contributed by atoms with Gasteiger partial charge in [0.15, 0.2) is 0 Å². The molecule has 0 spiro atoms. The van der Waals surface area contributed by atoms with Crippen molar-refractivity contribution < 1.29 is 9.59 Å². The van der Waals surface area contributed by atoms with Crippen LogP contribution in [0, 0.1) is 5.92 Å². The van der Waals surface area contributed by atoms with Crippen LogP contribution in [0.1, 0.15) is 46.0 Å². The first-order valence-corrected chi connectivity index (χ1v) is 5.90. The highest BCUT2D eigenvalue weighted by Crippen LogP contribution is 2.20. The summed E-state index contributed by atoms with van der Waals surface area (Å²) in [6, 6.07) is 0. The molecule has 1 aliphatic heterocycles. The fraction of sp³-hybridized carbons (Fsp3) is 0.833. The lowest BCUT2D eigenvalue weighted by atomic mass is 9.98. The van der Waals surface area contributed by atoms with Crippen LogP contribution in [-0.2, 0) is 9.59 Å². The van der Waals surface area contributed by atoms with Gasteiger partial charge in [0, 0.05) is 13.1 Å². The van der Waals surface area contributed by atoms with Gasteiger partial charge in [-0.05, 0) is 32.1 Å². The normalized spacial score (nSPS) is 22.3. The Labute approximate surface area is 91.8 Å². The minimum absolute atomic E-state index is 0.0132. The number of likely N-dealkylation sites (tertiary alicyclic amines) is 1. The smallest absolute Gasteiger partial charge is 0.230 e. The number of carbonyl (C=O) groups excluding carboxylic acids is 2. The summed E-state index contributed by atoms with van der Waals surface area (Å²) < 4.78 is 0. The van der Waals surface area contributed by atoms with Crippen LogP contribution in [0.15, 0.2) is 0 Å². The van der Waals surface area contributed by atoms with Crippen molar-refractivity contribution >= 4 is 11.7 Å². The van der Waals surface area contributed by atoms with E-state index in [0.29, 0.717) is 0 Å². The standard InChI is InChI=1S/C12H21NO2/c1-3-11-5-4-7-13(8-6-11)12(15)9-10(2)14/h11H,3-9H2,1-2H3. The lowest BCUT2D eigenvalue weighted by molar-refractivity contribution is -0.134. The van der Waals surface area contributed by atoms with Crippen LogP contribution in [-0.4, -0.2) is 29.7 Å². The summed E-state index contributed by atoms with van der Waals surface area (Å²) >= 11 is 0. The van der Waals surface area contributed by atoms with E-state index in [4.69, 9.17) is 0 Å². The molecule has 15 heavy (non-hydrogen) atoms. The van der Waals surface area contributed by atoms with E-state index in [1.165, 1.54) is 19.8 Å². The van der Waals surface area contributed by atoms with Crippen molar-refractivity contribution in [2.45, 2.75) is 46.0 Å². The van der Waals surface area contributed by atoms with Gasteiger partial charge in [0.2, 0.25) is 5.91 Å². The van der Waals surface area contributed by atoms with Gasteiger partial charge in [0.05, 0.1) is 6.42 Å². The lowest BCUT2D eigenvalue weighted by Gasteiger charge is -2.19. The molecule has 0 N–H and O–H groups in total. The predicted octanol–water partition coefficient (Wildman–Crippen LogP) is 2.00. The van der Waals surface area contributed by atoms with Crippen molar-refractivity contribution in [3.8, 4) is 0 Å². The van der Waals surface area contributed by atoms with E-state index >= 15 is 0 Å². The zero-order valence-corrected chi connectivity index (χ0v) is 9.79. The van der Waals surface area contributed by atoms with E-state index in [-0.39, 0.29) is 18.1 Å². The second-order valence-electron chi connectivity index (χ2n) is 4.46. The van der Waals surface area contributed by atoms with E-state index < -0.39 is 0 Å². The van der Waals surface area contributed by atoms with Crippen molar-refractivity contribution in [3.63, 3.8) is 0 Å². The second kappa shape index (κ2) is 5.89. The van der Waals surface area contributed by atoms with Crippen molar-refractivity contribution in [1.29, 1.82) is 0 Å². The Morgan fingerprint density at radius 2 is 2.00 bits per heavy atom. The number of nitrogens with zero attached hydrogens (tertiary/aromatic N) is 1. The molecule has 0 radical (unpaired) electrons. The average Bonchev–Trinajstić information content (AvgIpc) is 2.41. The summed E-state index contributed by atoms with van der Waals surface area (Å²) in [6.07, 6.45) is 4.69. The monoisotopic (exact) mass is 211 g/mol. The van der Waals surface area contributed by atoms with Gasteiger partial charge in [0.25, 0.3) is 0 Å². The molecule has 0 aromatic carbocycles. The SMILES string of the molecule is CCC1CCCN(C(=O)CC(C)=O)CC1. The first-order chi connectivity index (χ1) is 7.13. The maximum Gasteiger partial charge on any atom is 0.230 e. The molecule has 0 saturated carbocycles. The second-order valence-corrected chi connectivity index (χ2v) is 4.46. The van der Waals surface area contributed by atoms with Crippen LogP contribution < -0.4 is 0 Å². The number of carbonyl (C=O) groups is 2. The van der Waals surface area contributed by atoms with Crippen LogP contribution >= 0.6 is 0 Å². The molecule has 1 amide bonds. The number of hydrogen-bond donors (Lipinski definition) is 0. The van der Waals surface area contributed by atoms with Gasteiger partial charge in [0.1, 0.15) is 5.78 Å². The summed E-state index contributed by atoms with van der Waals surface area (Å²) in [5.41, 5.74) is 0. The highest BCUT2D eigenvalue weighted by molar-refractivity contribution is 5.96. The Morgan fingerprint density at radius 1 is 1.27 bits per heavy atom. The van der Waals surface area contributed by atoms with Gasteiger partial charge in [-0.25, -0.2) is 0 Å². The van der Waals surface area contributed by atoms with Crippen molar-refractivity contribution in [1.82, 2.24) is 4.90 Å². The van der Waals surface area contributed by atoms with Crippen molar-refractivity contribution in [2.24, 2.45) is 5.92 Å². The van der Waals surface area contributed by atoms with Gasteiger partial charge >= 0.3 is 0 Å². The molecule has 1 rings (SSSR count). The highest BCUT2D eigenvalue weighted by atomic mass is 16.2. The quantitative estimate of drug-likeness (QED) is 0.670. The summed E-state index contributed by atoms with van der Waals surface area (Å²) in [5.74, 6) is 0.746.